The molecule has 0 aliphatic rings. The summed E-state index contributed by atoms with van der Waals surface area (Å²) >= 11 is 7.16. The van der Waals surface area contributed by atoms with Gasteiger partial charge in [-0.3, -0.25) is 9.59 Å². The number of likely N-dealkylation sites (N-methyl/N-ethyl adjacent to an activating group) is 1. The van der Waals surface area contributed by atoms with Gasteiger partial charge in [-0.1, -0.05) is 35.5 Å². The zero-order valence-electron chi connectivity index (χ0n) is 16.5. The Morgan fingerprint density at radius 1 is 1.23 bits per heavy atom. The summed E-state index contributed by atoms with van der Waals surface area (Å²) in [5, 5.41) is 3.37. The number of nitrogens with one attached hydrogen (secondary N) is 1. The number of alkyl halides is 3. The number of para-hydroxylation sites is 1. The molecule has 0 aliphatic heterocycles. The summed E-state index contributed by atoms with van der Waals surface area (Å²) in [6, 6.07) is 9.96. The fraction of sp³-hybridized carbons (Fsp3) is 0.250. The van der Waals surface area contributed by atoms with Gasteiger partial charge in [-0.15, -0.1) is 0 Å². The molecule has 1 heterocycles. The molecule has 2 aromatic carbocycles. The molecule has 0 atom stereocenters. The molecule has 0 saturated carbocycles. The average Bonchev–Trinajstić information content (AvgIpc) is 3.00. The van der Waals surface area contributed by atoms with Crippen LogP contribution in [0.4, 0.5) is 18.9 Å². The van der Waals surface area contributed by atoms with Crippen molar-refractivity contribution in [2.24, 2.45) is 7.05 Å². The minimum Gasteiger partial charge on any atom is -0.336 e. The van der Waals surface area contributed by atoms with Gasteiger partial charge in [0.25, 0.3) is 0 Å². The number of rotatable bonds is 6. The van der Waals surface area contributed by atoms with Crippen molar-refractivity contribution in [3.8, 4) is 0 Å². The maximum absolute atomic E-state index is 13.0. The van der Waals surface area contributed by atoms with Crippen molar-refractivity contribution in [1.82, 2.24) is 14.5 Å². The molecule has 0 fully saturated rings. The van der Waals surface area contributed by atoms with Gasteiger partial charge >= 0.3 is 6.18 Å². The summed E-state index contributed by atoms with van der Waals surface area (Å²) in [6.45, 7) is -0.385. The molecular formula is C20H18ClF3N4O2S. The highest BCUT2D eigenvalue weighted by atomic mass is 35.5. The maximum atomic E-state index is 13.0. The summed E-state index contributed by atoms with van der Waals surface area (Å²) in [4.78, 5) is 30.2. The lowest BCUT2D eigenvalue weighted by molar-refractivity contribution is -0.137. The molecule has 164 valence electrons. The third-order valence-electron chi connectivity index (χ3n) is 4.44. The Labute approximate surface area is 185 Å². The lowest BCUT2D eigenvalue weighted by atomic mass is 10.1. The molecule has 0 unspecified atom stereocenters. The number of anilines is 1. The van der Waals surface area contributed by atoms with Gasteiger partial charge in [-0.25, -0.2) is 4.98 Å². The summed E-state index contributed by atoms with van der Waals surface area (Å²) < 4.78 is 41.0. The van der Waals surface area contributed by atoms with Gasteiger partial charge in [-0.05, 0) is 30.3 Å². The minimum absolute atomic E-state index is 0.00775. The van der Waals surface area contributed by atoms with E-state index in [1.54, 1.807) is 12.1 Å². The molecule has 6 nitrogen and oxygen atoms in total. The monoisotopic (exact) mass is 470 g/mol. The van der Waals surface area contributed by atoms with Crippen LogP contribution in [0.5, 0.6) is 0 Å². The minimum atomic E-state index is -4.60. The predicted molar refractivity (Wildman–Crippen MR) is 114 cm³/mol. The molecule has 1 aromatic heterocycles. The van der Waals surface area contributed by atoms with Crippen LogP contribution in [-0.2, 0) is 22.8 Å². The third kappa shape index (κ3) is 5.50. The van der Waals surface area contributed by atoms with E-state index in [4.69, 9.17) is 11.6 Å². The van der Waals surface area contributed by atoms with Gasteiger partial charge in [0.2, 0.25) is 11.8 Å². The van der Waals surface area contributed by atoms with Crippen LogP contribution in [0.2, 0.25) is 5.02 Å². The van der Waals surface area contributed by atoms with Crippen LogP contribution in [0.15, 0.2) is 47.6 Å². The van der Waals surface area contributed by atoms with Gasteiger partial charge < -0.3 is 14.8 Å². The highest BCUT2D eigenvalue weighted by Gasteiger charge is 2.33. The summed E-state index contributed by atoms with van der Waals surface area (Å²) in [7, 11) is 3.22. The molecule has 0 spiro atoms. The molecule has 1 N–H and O–H groups in total. The second-order valence-corrected chi connectivity index (χ2v) is 8.10. The van der Waals surface area contributed by atoms with E-state index >= 15 is 0 Å². The number of nitrogens with zero attached hydrogens (tertiary/aromatic N) is 3. The van der Waals surface area contributed by atoms with E-state index in [1.807, 2.05) is 17.7 Å². The fourth-order valence-corrected chi connectivity index (χ4v) is 3.94. The summed E-state index contributed by atoms with van der Waals surface area (Å²) in [5.74, 6) is -1.09. The second-order valence-electron chi connectivity index (χ2n) is 6.72. The number of imidazole rings is 1. The average molecular weight is 471 g/mol. The van der Waals surface area contributed by atoms with E-state index in [9.17, 15) is 22.8 Å². The third-order valence-corrected chi connectivity index (χ3v) is 5.69. The van der Waals surface area contributed by atoms with Crippen LogP contribution in [0.3, 0.4) is 0 Å². The van der Waals surface area contributed by atoms with Crippen LogP contribution in [0, 0.1) is 0 Å². The van der Waals surface area contributed by atoms with Crippen LogP contribution in [0.1, 0.15) is 5.56 Å². The largest absolute Gasteiger partial charge is 0.418 e. The van der Waals surface area contributed by atoms with E-state index in [1.165, 1.54) is 30.9 Å². The molecular weight excluding hydrogens is 453 g/mol. The van der Waals surface area contributed by atoms with E-state index < -0.39 is 17.6 Å². The number of carbonyl (C=O) groups excluding carboxylic acids is 2. The first-order valence-electron chi connectivity index (χ1n) is 9.01. The molecule has 2 amide bonds. The Kier molecular flexibility index (Phi) is 6.80. The number of carbonyl (C=O) groups is 2. The Morgan fingerprint density at radius 2 is 1.94 bits per heavy atom. The van der Waals surface area contributed by atoms with Crippen molar-refractivity contribution in [2.45, 2.75) is 11.3 Å². The van der Waals surface area contributed by atoms with Crippen molar-refractivity contribution in [3.63, 3.8) is 0 Å². The van der Waals surface area contributed by atoms with Crippen LogP contribution in [0.25, 0.3) is 11.0 Å². The number of aryl methyl sites for hydroxylation is 1. The van der Waals surface area contributed by atoms with Crippen molar-refractivity contribution >= 4 is 51.9 Å². The van der Waals surface area contributed by atoms with Gasteiger partial charge in [0.1, 0.15) is 0 Å². The molecule has 0 radical (unpaired) electrons. The summed E-state index contributed by atoms with van der Waals surface area (Å²) in [5.41, 5.74) is 0.250. The van der Waals surface area contributed by atoms with Gasteiger partial charge in [0, 0.05) is 19.1 Å². The van der Waals surface area contributed by atoms with E-state index in [0.29, 0.717) is 15.7 Å². The van der Waals surface area contributed by atoms with Crippen molar-refractivity contribution in [1.29, 1.82) is 0 Å². The van der Waals surface area contributed by atoms with Crippen LogP contribution in [-0.4, -0.2) is 45.6 Å². The Hall–Kier alpha value is -2.72. The first kappa shape index (κ1) is 23.0. The molecule has 0 saturated heterocycles. The first-order valence-corrected chi connectivity index (χ1v) is 10.4. The topological polar surface area (TPSA) is 67.2 Å². The quantitative estimate of drug-likeness (QED) is 0.541. The molecule has 31 heavy (non-hydrogen) atoms. The van der Waals surface area contributed by atoms with Gasteiger partial charge in [0.05, 0.1) is 34.6 Å². The second kappa shape index (κ2) is 9.19. The van der Waals surface area contributed by atoms with Gasteiger partial charge in [-0.2, -0.15) is 13.2 Å². The van der Waals surface area contributed by atoms with Crippen LogP contribution < -0.4 is 5.32 Å². The lowest BCUT2D eigenvalue weighted by Crippen LogP contribution is -2.36. The molecule has 11 heteroatoms. The predicted octanol–water partition coefficient (Wildman–Crippen LogP) is 4.43. The van der Waals surface area contributed by atoms with E-state index in [0.717, 1.165) is 22.5 Å². The molecule has 3 aromatic rings. The Balaban J connectivity index is 1.59. The molecule has 3 rings (SSSR count). The normalized spacial score (nSPS) is 11.5. The maximum Gasteiger partial charge on any atom is 0.418 e. The lowest BCUT2D eigenvalue weighted by Gasteiger charge is -2.18. The molecule has 0 aliphatic carbocycles. The zero-order valence-corrected chi connectivity index (χ0v) is 18.1. The highest BCUT2D eigenvalue weighted by molar-refractivity contribution is 7.99. The Bertz CT molecular complexity index is 1130. The molecule has 0 bridgehead atoms. The van der Waals surface area contributed by atoms with E-state index in [-0.39, 0.29) is 23.9 Å². The van der Waals surface area contributed by atoms with Crippen molar-refractivity contribution in [2.75, 3.05) is 24.7 Å². The smallest absolute Gasteiger partial charge is 0.336 e. The number of halogens is 4. The highest BCUT2D eigenvalue weighted by Crippen LogP contribution is 2.34. The number of amides is 2. The number of fused-ring (bicyclic) bond motifs is 1. The van der Waals surface area contributed by atoms with Crippen molar-refractivity contribution < 1.29 is 22.8 Å². The number of aromatic nitrogens is 2. The zero-order chi connectivity index (χ0) is 22.8. The number of thioether (sulfide) groups is 1. The van der Waals surface area contributed by atoms with Crippen molar-refractivity contribution in [3.05, 3.63) is 53.1 Å². The first-order chi connectivity index (χ1) is 14.6. The fourth-order valence-electron chi connectivity index (χ4n) is 2.85. The standard InChI is InChI=1S/C20H18ClF3N4O2S/c1-27(10-17(29)25-14-6-4-3-5-13(14)20(22,23)24)18(30)11-31-19-26-15-9-12(21)7-8-16(15)28(19)2/h3-9H,10-11H2,1-2H3,(H,25,29). The number of hydrogen-bond acceptors (Lipinski definition) is 4. The number of benzene rings is 2. The van der Waals surface area contributed by atoms with Gasteiger partial charge in [0.15, 0.2) is 5.16 Å². The SMILES string of the molecule is CN(CC(=O)Nc1ccccc1C(F)(F)F)C(=O)CSc1nc2cc(Cl)ccc2n1C. The Morgan fingerprint density at radius 3 is 2.65 bits per heavy atom. The van der Waals surface area contributed by atoms with Crippen LogP contribution >= 0.6 is 23.4 Å². The summed E-state index contributed by atoms with van der Waals surface area (Å²) in [6.07, 6.45) is -4.60. The van der Waals surface area contributed by atoms with E-state index in [2.05, 4.69) is 10.3 Å². The number of hydrogen-bond donors (Lipinski definition) is 1.